The molecule has 1 atom stereocenters. The molecule has 0 aliphatic heterocycles. The van der Waals surface area contributed by atoms with Gasteiger partial charge in [0.1, 0.15) is 0 Å². The minimum absolute atomic E-state index is 0. The van der Waals surface area contributed by atoms with E-state index in [4.69, 9.17) is 9.84 Å². The second-order valence-corrected chi connectivity index (χ2v) is 2.41. The van der Waals surface area contributed by atoms with Crippen LogP contribution < -0.4 is 0 Å². The maximum absolute atomic E-state index is 10.2. The van der Waals surface area contributed by atoms with Gasteiger partial charge in [0.05, 0.1) is 6.61 Å². The summed E-state index contributed by atoms with van der Waals surface area (Å²) >= 11 is 8.26. The van der Waals surface area contributed by atoms with Crippen molar-refractivity contribution in [3.63, 3.8) is 0 Å². The van der Waals surface area contributed by atoms with Crippen molar-refractivity contribution in [1.29, 1.82) is 0 Å². The maximum atomic E-state index is 10.2. The second kappa shape index (κ2) is 7.36. The summed E-state index contributed by atoms with van der Waals surface area (Å²) in [4.78, 5) is 10.2. The monoisotopic (exact) mass is 204 g/mol. The molecule has 6 heteroatoms. The molecule has 0 saturated carbocycles. The van der Waals surface area contributed by atoms with E-state index in [-0.39, 0.29) is 34.6 Å². The quantitative estimate of drug-likeness (QED) is 0.388. The molecule has 0 rings (SSSR count). The molecule has 0 aromatic rings. The summed E-state index contributed by atoms with van der Waals surface area (Å²) in [7, 11) is 0. The molecule has 0 spiro atoms. The first-order valence-electron chi connectivity index (χ1n) is 2.67. The Bertz CT molecular complexity index is 151. The summed E-state index contributed by atoms with van der Waals surface area (Å²) in [5, 5.41) is 7.36. The zero-order valence-corrected chi connectivity index (χ0v) is 7.11. The van der Waals surface area contributed by atoms with Crippen LogP contribution in [0.1, 0.15) is 6.92 Å². The van der Waals surface area contributed by atoms with E-state index in [0.717, 1.165) is 0 Å². The van der Waals surface area contributed by atoms with E-state index < -0.39 is 11.2 Å². The van der Waals surface area contributed by atoms with Crippen LogP contribution in [0.3, 0.4) is 0 Å². The van der Waals surface area contributed by atoms with Crippen LogP contribution in [-0.2, 0) is 9.53 Å². The van der Waals surface area contributed by atoms with Crippen LogP contribution in [0.2, 0.25) is 0 Å². The second-order valence-electron chi connectivity index (χ2n) is 1.49. The molecule has 60 valence electrons. The van der Waals surface area contributed by atoms with E-state index in [1.807, 2.05) is 0 Å². The Balaban J connectivity index is 0. The minimum atomic E-state index is -1.08. The zero-order valence-electron chi connectivity index (χ0n) is 5.40. The van der Waals surface area contributed by atoms with E-state index in [1.165, 1.54) is 0 Å². The van der Waals surface area contributed by atoms with Crippen molar-refractivity contribution < 1.29 is 14.6 Å². The zero-order chi connectivity index (χ0) is 8.15. The molecular formula is C5H9NaO3S2. The first-order chi connectivity index (χ1) is 4.59. The molecular weight excluding hydrogens is 195 g/mol. The standard InChI is InChI=1S/C5H8O3S2.Na.H/c1-2-8-5(10)3(9)4(6)7;;/h3,9H,2H2,1H3,(H,6,7);;. The summed E-state index contributed by atoms with van der Waals surface area (Å²) in [6.45, 7) is 2.11. The Hall–Kier alpha value is 0.710. The molecule has 11 heavy (non-hydrogen) atoms. The number of carbonyl (C=O) groups is 1. The Labute approximate surface area is 98.2 Å². The summed E-state index contributed by atoms with van der Waals surface area (Å²) in [5.41, 5.74) is 0. The average molecular weight is 204 g/mol. The fourth-order valence-electron chi connectivity index (χ4n) is 0.322. The van der Waals surface area contributed by atoms with Crippen molar-refractivity contribution in [2.75, 3.05) is 6.61 Å². The molecule has 0 aliphatic rings. The van der Waals surface area contributed by atoms with Crippen LogP contribution in [0.5, 0.6) is 0 Å². The van der Waals surface area contributed by atoms with Gasteiger partial charge in [-0.1, -0.05) is 0 Å². The fourth-order valence-corrected chi connectivity index (χ4v) is 0.615. The van der Waals surface area contributed by atoms with E-state index >= 15 is 0 Å². The summed E-state index contributed by atoms with van der Waals surface area (Å²) in [6, 6.07) is 0. The number of thiol groups is 1. The number of carboxylic acids is 1. The van der Waals surface area contributed by atoms with E-state index in [9.17, 15) is 4.79 Å². The molecule has 1 unspecified atom stereocenters. The molecule has 0 saturated heterocycles. The van der Waals surface area contributed by atoms with E-state index in [2.05, 4.69) is 24.8 Å². The van der Waals surface area contributed by atoms with E-state index in [0.29, 0.717) is 6.61 Å². The van der Waals surface area contributed by atoms with Crippen LogP contribution in [0.4, 0.5) is 0 Å². The third-order valence-electron chi connectivity index (χ3n) is 0.744. The van der Waals surface area contributed by atoms with Gasteiger partial charge in [-0.3, -0.25) is 4.79 Å². The number of thiocarbonyl (C=S) groups is 1. The molecule has 3 nitrogen and oxygen atoms in total. The van der Waals surface area contributed by atoms with Crippen LogP contribution >= 0.6 is 24.8 Å². The predicted molar refractivity (Wildman–Crippen MR) is 51.8 cm³/mol. The molecule has 0 aromatic heterocycles. The fraction of sp³-hybridized carbons (Fsp3) is 0.600. The third-order valence-corrected chi connectivity index (χ3v) is 1.73. The molecule has 0 aliphatic carbocycles. The van der Waals surface area contributed by atoms with Gasteiger partial charge < -0.3 is 9.84 Å². The number of rotatable bonds is 3. The van der Waals surface area contributed by atoms with Crippen molar-refractivity contribution in [2.45, 2.75) is 12.2 Å². The molecule has 0 bridgehead atoms. The van der Waals surface area contributed by atoms with Gasteiger partial charge >= 0.3 is 35.5 Å². The van der Waals surface area contributed by atoms with Gasteiger partial charge in [0, 0.05) is 0 Å². The predicted octanol–water partition coefficient (Wildman–Crippen LogP) is 0.0848. The number of carboxylic acid groups (broad SMARTS) is 1. The summed E-state index contributed by atoms with van der Waals surface area (Å²) < 4.78 is 4.74. The summed E-state index contributed by atoms with van der Waals surface area (Å²) in [5.74, 6) is -1.08. The Kier molecular flexibility index (Phi) is 9.54. The molecule has 1 N–H and O–H groups in total. The molecule has 0 radical (unpaired) electrons. The molecule has 0 aromatic carbocycles. The Morgan fingerprint density at radius 3 is 2.55 bits per heavy atom. The van der Waals surface area contributed by atoms with Crippen molar-refractivity contribution in [3.8, 4) is 0 Å². The van der Waals surface area contributed by atoms with Crippen LogP contribution in [0.25, 0.3) is 0 Å². The van der Waals surface area contributed by atoms with Gasteiger partial charge in [0.2, 0.25) is 0 Å². The SMILES string of the molecule is CCOC(=S)C(S)C(=O)O.[NaH]. The first-order valence-corrected chi connectivity index (χ1v) is 3.59. The van der Waals surface area contributed by atoms with Gasteiger partial charge in [-0.05, 0) is 19.1 Å². The van der Waals surface area contributed by atoms with Crippen LogP contribution in [0, 0.1) is 0 Å². The third kappa shape index (κ3) is 5.93. The molecule has 0 heterocycles. The number of aliphatic carboxylic acids is 1. The van der Waals surface area contributed by atoms with E-state index in [1.54, 1.807) is 6.92 Å². The normalized spacial score (nSPS) is 11.1. The number of hydrogen-bond acceptors (Lipinski definition) is 4. The van der Waals surface area contributed by atoms with Crippen molar-refractivity contribution in [3.05, 3.63) is 0 Å². The number of hydrogen-bond donors (Lipinski definition) is 2. The Morgan fingerprint density at radius 1 is 1.82 bits per heavy atom. The molecule has 0 fully saturated rings. The van der Waals surface area contributed by atoms with Crippen molar-refractivity contribution in [2.24, 2.45) is 0 Å². The molecule has 0 amide bonds. The Morgan fingerprint density at radius 2 is 2.27 bits per heavy atom. The van der Waals surface area contributed by atoms with Gasteiger partial charge in [-0.25, -0.2) is 0 Å². The van der Waals surface area contributed by atoms with Gasteiger partial charge in [0.15, 0.2) is 10.3 Å². The number of ether oxygens (including phenoxy) is 1. The topological polar surface area (TPSA) is 46.5 Å². The van der Waals surface area contributed by atoms with Crippen LogP contribution in [-0.4, -0.2) is 57.5 Å². The van der Waals surface area contributed by atoms with Gasteiger partial charge in [0.25, 0.3) is 0 Å². The van der Waals surface area contributed by atoms with Gasteiger partial charge in [-0.15, -0.1) is 0 Å². The summed E-state index contributed by atoms with van der Waals surface area (Å²) in [6.07, 6.45) is 0. The average Bonchev–Trinajstić information content (AvgIpc) is 1.87. The van der Waals surface area contributed by atoms with Crippen LogP contribution in [0.15, 0.2) is 0 Å². The van der Waals surface area contributed by atoms with Crippen molar-refractivity contribution in [1.82, 2.24) is 0 Å². The van der Waals surface area contributed by atoms with Gasteiger partial charge in [-0.2, -0.15) is 12.6 Å². The first kappa shape index (κ1) is 14.2. The van der Waals surface area contributed by atoms with Crippen molar-refractivity contribution >= 4 is 65.4 Å².